The zero-order valence-electron chi connectivity index (χ0n) is 23.4. The molecule has 0 bridgehead atoms. The normalized spacial score (nSPS) is 15.0. The van der Waals surface area contributed by atoms with Gasteiger partial charge in [-0.05, 0) is 75.7 Å². The lowest BCUT2D eigenvalue weighted by molar-refractivity contribution is -0.143. The van der Waals surface area contributed by atoms with Crippen molar-refractivity contribution in [2.45, 2.75) is 39.8 Å². The molecule has 5 rings (SSSR count). The van der Waals surface area contributed by atoms with E-state index in [1.807, 2.05) is 19.1 Å². The minimum absolute atomic E-state index is 0.188. The van der Waals surface area contributed by atoms with E-state index in [-0.39, 0.29) is 22.8 Å². The fraction of sp³-hybridized carbons (Fsp3) is 0.226. The predicted molar refractivity (Wildman–Crippen MR) is 162 cm³/mol. The van der Waals surface area contributed by atoms with Crippen molar-refractivity contribution in [1.29, 1.82) is 0 Å². The number of carboxylic acid groups (broad SMARTS) is 1. The number of hydrogen-bond acceptors (Lipinski definition) is 8. The summed E-state index contributed by atoms with van der Waals surface area (Å²) in [5.74, 6) is -0.0943. The zero-order valence-corrected chi connectivity index (χ0v) is 25.8. The average Bonchev–Trinajstić information content (AvgIpc) is 3.51. The maximum Gasteiger partial charge on any atom is 0.338 e. The van der Waals surface area contributed by atoms with Crippen molar-refractivity contribution in [2.24, 2.45) is 4.99 Å². The number of carbonyl (C=O) groups excluding carboxylic acids is 1. The number of rotatable bonds is 7. The quantitative estimate of drug-likeness (QED) is 0.272. The van der Waals surface area contributed by atoms with Crippen LogP contribution < -0.4 is 19.6 Å². The Bertz CT molecular complexity index is 1950. The van der Waals surface area contributed by atoms with Crippen LogP contribution in [-0.2, 0) is 9.53 Å². The van der Waals surface area contributed by atoms with E-state index in [1.165, 1.54) is 29.1 Å². The van der Waals surface area contributed by atoms with Crippen LogP contribution in [0.1, 0.15) is 54.1 Å². The van der Waals surface area contributed by atoms with Gasteiger partial charge in [0.15, 0.2) is 4.80 Å². The van der Waals surface area contributed by atoms with Gasteiger partial charge in [-0.15, -0.1) is 0 Å². The first-order chi connectivity index (χ1) is 20.0. The summed E-state index contributed by atoms with van der Waals surface area (Å²) < 4.78 is 19.9. The number of nitrogens with zero attached hydrogens (tertiary/aromatic N) is 2. The number of fused-ring (bicyclic) bond motifs is 1. The molecular weight excluding hydrogens is 624 g/mol. The number of allylic oxidation sites excluding steroid dienone is 1. The first-order valence-corrected chi connectivity index (χ1v) is 14.6. The molecule has 0 spiro atoms. The van der Waals surface area contributed by atoms with E-state index in [1.54, 1.807) is 57.2 Å². The van der Waals surface area contributed by atoms with Crippen molar-refractivity contribution in [3.63, 3.8) is 0 Å². The second kappa shape index (κ2) is 11.6. The van der Waals surface area contributed by atoms with Crippen molar-refractivity contribution in [2.75, 3.05) is 7.11 Å². The Hall–Kier alpha value is -4.22. The number of esters is 1. The van der Waals surface area contributed by atoms with Gasteiger partial charge in [0.25, 0.3) is 5.56 Å². The maximum atomic E-state index is 14.0. The number of methoxy groups -OCH3 is 1. The van der Waals surface area contributed by atoms with E-state index in [2.05, 4.69) is 20.9 Å². The van der Waals surface area contributed by atoms with Crippen LogP contribution in [0, 0.1) is 6.92 Å². The van der Waals surface area contributed by atoms with Gasteiger partial charge in [0.2, 0.25) is 0 Å². The highest BCUT2D eigenvalue weighted by Gasteiger charge is 2.35. The highest BCUT2D eigenvalue weighted by atomic mass is 79.9. The Balaban J connectivity index is 1.65. The molecule has 0 amide bonds. The fourth-order valence-corrected chi connectivity index (χ4v) is 6.26. The molecular formula is C31H27BrN2O7S. The number of carboxylic acids is 1. The number of carbonyl (C=O) groups is 2. The number of hydrogen-bond donors (Lipinski definition) is 1. The van der Waals surface area contributed by atoms with Gasteiger partial charge in [-0.3, -0.25) is 9.36 Å². The summed E-state index contributed by atoms with van der Waals surface area (Å²) in [6.45, 7) is 7.05. The van der Waals surface area contributed by atoms with Gasteiger partial charge < -0.3 is 19.0 Å². The van der Waals surface area contributed by atoms with Gasteiger partial charge >= 0.3 is 11.9 Å². The molecule has 1 atom stereocenters. The maximum absolute atomic E-state index is 14.0. The first kappa shape index (κ1) is 29.3. The second-order valence-corrected chi connectivity index (χ2v) is 11.9. The van der Waals surface area contributed by atoms with Crippen LogP contribution in [0.3, 0.4) is 0 Å². The van der Waals surface area contributed by atoms with Gasteiger partial charge in [0.05, 0.1) is 34.6 Å². The Morgan fingerprint density at radius 2 is 1.90 bits per heavy atom. The summed E-state index contributed by atoms with van der Waals surface area (Å²) >= 11 is 4.69. The molecule has 0 radical (unpaired) electrons. The molecule has 0 saturated heterocycles. The Labute approximate surface area is 253 Å². The zero-order chi connectivity index (χ0) is 30.3. The molecule has 4 aromatic rings. The Kier molecular flexibility index (Phi) is 8.07. The average molecular weight is 652 g/mol. The van der Waals surface area contributed by atoms with E-state index in [0.717, 1.165) is 15.6 Å². The molecule has 0 fully saturated rings. The van der Waals surface area contributed by atoms with Gasteiger partial charge in [0.1, 0.15) is 23.3 Å². The number of aromatic nitrogens is 1. The molecule has 9 nitrogen and oxygen atoms in total. The van der Waals surface area contributed by atoms with Crippen molar-refractivity contribution in [3.05, 3.63) is 106 Å². The molecule has 0 saturated carbocycles. The molecule has 1 N–H and O–H groups in total. The summed E-state index contributed by atoms with van der Waals surface area (Å²) in [5, 5.41) is 9.27. The van der Waals surface area contributed by atoms with Gasteiger partial charge in [0, 0.05) is 21.7 Å². The molecule has 11 heteroatoms. The minimum atomic E-state index is -1.00. The van der Waals surface area contributed by atoms with E-state index >= 15 is 0 Å². The molecule has 216 valence electrons. The van der Waals surface area contributed by atoms with Crippen LogP contribution in [0.25, 0.3) is 17.4 Å². The number of aromatic carboxylic acids is 1. The number of thiazole rings is 1. The molecule has 0 aliphatic carbocycles. The van der Waals surface area contributed by atoms with Crippen molar-refractivity contribution >= 4 is 45.3 Å². The van der Waals surface area contributed by atoms with Gasteiger partial charge in [-0.1, -0.05) is 33.3 Å². The minimum Gasteiger partial charge on any atom is -0.496 e. The summed E-state index contributed by atoms with van der Waals surface area (Å²) in [6, 6.07) is 12.9. The Morgan fingerprint density at radius 1 is 1.14 bits per heavy atom. The van der Waals surface area contributed by atoms with Gasteiger partial charge in [-0.25, -0.2) is 14.6 Å². The number of aryl methyl sites for hydroxylation is 1. The van der Waals surface area contributed by atoms with Crippen LogP contribution in [-0.4, -0.2) is 34.8 Å². The lowest BCUT2D eigenvalue weighted by Crippen LogP contribution is -2.40. The van der Waals surface area contributed by atoms with Crippen LogP contribution in [0.4, 0.5) is 0 Å². The third-order valence-electron chi connectivity index (χ3n) is 6.71. The molecule has 2 aromatic carbocycles. The first-order valence-electron chi connectivity index (χ1n) is 13.0. The van der Waals surface area contributed by atoms with Crippen molar-refractivity contribution < 1.29 is 28.6 Å². The van der Waals surface area contributed by atoms with Crippen LogP contribution in [0.5, 0.6) is 5.75 Å². The lowest BCUT2D eigenvalue weighted by atomic mass is 9.95. The summed E-state index contributed by atoms with van der Waals surface area (Å²) in [5.41, 5.74) is 2.62. The van der Waals surface area contributed by atoms with Crippen molar-refractivity contribution in [3.8, 4) is 17.1 Å². The third kappa shape index (κ3) is 5.49. The lowest BCUT2D eigenvalue weighted by Gasteiger charge is -2.26. The smallest absolute Gasteiger partial charge is 0.338 e. The molecule has 3 heterocycles. The topological polar surface area (TPSA) is 120 Å². The number of benzene rings is 2. The standard InChI is InChI=1S/C31H27BrN2O7S/c1-15(2)40-30(38)26-17(4)33-31-34(27(26)22-13-19(32)7-10-23(22)39-5)28(35)25(42-31)14-20-8-11-24(41-20)21-9-6-18(29(36)37)12-16(21)3/h6-15,27H,1-5H3,(H,36,37)/b25-14-/t27-/m0/s1. The highest BCUT2D eigenvalue weighted by Crippen LogP contribution is 2.37. The monoisotopic (exact) mass is 650 g/mol. The van der Waals surface area contributed by atoms with Gasteiger partial charge in [-0.2, -0.15) is 0 Å². The van der Waals surface area contributed by atoms with Crippen molar-refractivity contribution in [1.82, 2.24) is 4.57 Å². The largest absolute Gasteiger partial charge is 0.496 e. The summed E-state index contributed by atoms with van der Waals surface area (Å²) in [6.07, 6.45) is 1.26. The van der Waals surface area contributed by atoms with Crippen LogP contribution in [0.15, 0.2) is 78.5 Å². The summed E-state index contributed by atoms with van der Waals surface area (Å²) in [7, 11) is 1.53. The molecule has 42 heavy (non-hydrogen) atoms. The molecule has 1 aliphatic heterocycles. The molecule has 2 aromatic heterocycles. The van der Waals surface area contributed by atoms with E-state index in [0.29, 0.717) is 37.9 Å². The van der Waals surface area contributed by atoms with E-state index < -0.39 is 18.0 Å². The molecule has 0 unspecified atom stereocenters. The second-order valence-electron chi connectivity index (χ2n) is 9.96. The summed E-state index contributed by atoms with van der Waals surface area (Å²) in [4.78, 5) is 43.7. The number of ether oxygens (including phenoxy) is 2. The number of halogens is 1. The number of furan rings is 1. The SMILES string of the molecule is COc1ccc(Br)cc1[C@H]1C(C(=O)OC(C)C)=C(C)N=c2s/c(=C\c3ccc(-c4ccc(C(=O)O)cc4C)o3)c(=O)n21. The van der Waals surface area contributed by atoms with E-state index in [9.17, 15) is 19.5 Å². The predicted octanol–water partition coefficient (Wildman–Crippen LogP) is 5.22. The molecule has 1 aliphatic rings. The van der Waals surface area contributed by atoms with Crippen LogP contribution in [0.2, 0.25) is 0 Å². The Morgan fingerprint density at radius 3 is 2.57 bits per heavy atom. The van der Waals surface area contributed by atoms with Crippen LogP contribution >= 0.6 is 27.3 Å². The van der Waals surface area contributed by atoms with E-state index in [4.69, 9.17) is 13.9 Å². The highest BCUT2D eigenvalue weighted by molar-refractivity contribution is 9.10. The fourth-order valence-electron chi connectivity index (χ4n) is 4.85. The third-order valence-corrected chi connectivity index (χ3v) is 8.19.